The van der Waals surface area contributed by atoms with Crippen LogP contribution in [0.15, 0.2) is 59.8 Å². The number of hydrogen-bond acceptors (Lipinski definition) is 4. The monoisotopic (exact) mass is 458 g/mol. The minimum Gasteiger partial charge on any atom is -0.325 e. The minimum atomic E-state index is -0.0252. The van der Waals surface area contributed by atoms with Crippen molar-refractivity contribution in [1.82, 2.24) is 14.8 Å². The molecule has 0 unspecified atom stereocenters. The lowest BCUT2D eigenvalue weighted by Crippen LogP contribution is -2.49. The molecule has 7 rings (SSSR count). The maximum Gasteiger partial charge on any atom is 0.234 e. The Balaban J connectivity index is 1.28. The average molecular weight is 459 g/mol. The van der Waals surface area contributed by atoms with Gasteiger partial charge in [-0.3, -0.25) is 9.36 Å². The molecule has 33 heavy (non-hydrogen) atoms. The van der Waals surface area contributed by atoms with Crippen molar-refractivity contribution >= 4 is 23.4 Å². The fourth-order valence-corrected chi connectivity index (χ4v) is 7.62. The van der Waals surface area contributed by atoms with Gasteiger partial charge in [-0.15, -0.1) is 10.2 Å². The first-order valence-electron chi connectivity index (χ1n) is 12.1. The predicted molar refractivity (Wildman–Crippen MR) is 132 cm³/mol. The van der Waals surface area contributed by atoms with Crippen molar-refractivity contribution in [3.63, 3.8) is 0 Å². The highest BCUT2D eigenvalue weighted by atomic mass is 32.2. The van der Waals surface area contributed by atoms with Crippen LogP contribution in [0.4, 0.5) is 5.69 Å². The summed E-state index contributed by atoms with van der Waals surface area (Å²) in [6, 6.07) is 18.3. The van der Waals surface area contributed by atoms with Gasteiger partial charge in [-0.2, -0.15) is 0 Å². The predicted octanol–water partition coefficient (Wildman–Crippen LogP) is 5.77. The largest absolute Gasteiger partial charge is 0.325 e. The number of nitrogens with zero attached hydrogens (tertiary/aromatic N) is 3. The number of benzene rings is 2. The first kappa shape index (κ1) is 21.0. The Morgan fingerprint density at radius 3 is 2.24 bits per heavy atom. The molecule has 1 amide bonds. The molecule has 5 nitrogen and oxygen atoms in total. The van der Waals surface area contributed by atoms with Gasteiger partial charge in [0.05, 0.1) is 5.75 Å². The summed E-state index contributed by atoms with van der Waals surface area (Å²) in [5, 5.41) is 13.3. The molecule has 1 N–H and O–H groups in total. The standard InChI is InChI=1S/C27H30N4OS/c1-18-7-9-22(10-8-18)28-24(32)17-33-26-30-29-25(31(26)23-5-3-2-4-6-23)27-14-19-11-20(15-27)13-21(12-19)16-27/h2-10,19-21H,11-17H2,1H3,(H,28,32). The van der Waals surface area contributed by atoms with Crippen molar-refractivity contribution < 1.29 is 4.79 Å². The number of carbonyl (C=O) groups is 1. The second kappa shape index (κ2) is 8.32. The van der Waals surface area contributed by atoms with Gasteiger partial charge in [0, 0.05) is 16.8 Å². The molecule has 4 fully saturated rings. The average Bonchev–Trinajstić information content (AvgIpc) is 3.24. The summed E-state index contributed by atoms with van der Waals surface area (Å²) < 4.78 is 2.25. The summed E-state index contributed by atoms with van der Waals surface area (Å²) in [4.78, 5) is 12.7. The van der Waals surface area contributed by atoms with E-state index in [1.54, 1.807) is 0 Å². The maximum absolute atomic E-state index is 12.7. The first-order chi connectivity index (χ1) is 16.1. The highest BCUT2D eigenvalue weighted by molar-refractivity contribution is 7.99. The topological polar surface area (TPSA) is 59.8 Å². The highest BCUT2D eigenvalue weighted by Gasteiger charge is 2.54. The van der Waals surface area contributed by atoms with Gasteiger partial charge in [-0.25, -0.2) is 0 Å². The van der Waals surface area contributed by atoms with Crippen LogP contribution in [0.25, 0.3) is 5.69 Å². The quantitative estimate of drug-likeness (QED) is 0.476. The van der Waals surface area contributed by atoms with E-state index in [0.717, 1.165) is 40.1 Å². The summed E-state index contributed by atoms with van der Waals surface area (Å²) in [7, 11) is 0. The molecule has 170 valence electrons. The third kappa shape index (κ3) is 3.99. The summed E-state index contributed by atoms with van der Waals surface area (Å²) >= 11 is 1.47. The van der Waals surface area contributed by atoms with Crippen LogP contribution in [0, 0.1) is 24.7 Å². The number of carbonyl (C=O) groups excluding carboxylic acids is 1. The molecular weight excluding hydrogens is 428 g/mol. The number of rotatable bonds is 6. The second-order valence-electron chi connectivity index (χ2n) is 10.4. The van der Waals surface area contributed by atoms with Gasteiger partial charge in [-0.1, -0.05) is 47.7 Å². The molecule has 3 aromatic rings. The molecule has 4 aliphatic rings. The molecule has 6 heteroatoms. The number of aromatic nitrogens is 3. The van der Waals surface area contributed by atoms with Crippen molar-refractivity contribution in [2.24, 2.45) is 17.8 Å². The van der Waals surface area contributed by atoms with E-state index in [9.17, 15) is 4.79 Å². The van der Waals surface area contributed by atoms with Crippen LogP contribution < -0.4 is 5.32 Å². The number of hydrogen-bond donors (Lipinski definition) is 1. The van der Waals surface area contributed by atoms with E-state index in [-0.39, 0.29) is 11.3 Å². The van der Waals surface area contributed by atoms with Gasteiger partial charge in [-0.05, 0) is 87.5 Å². The highest BCUT2D eigenvalue weighted by Crippen LogP contribution is 2.60. The number of aryl methyl sites for hydroxylation is 1. The van der Waals surface area contributed by atoms with Gasteiger partial charge in [0.2, 0.25) is 5.91 Å². The summed E-state index contributed by atoms with van der Waals surface area (Å²) in [5.74, 6) is 3.92. The van der Waals surface area contributed by atoms with E-state index in [2.05, 4.69) is 39.2 Å². The van der Waals surface area contributed by atoms with Crippen LogP contribution in [0.5, 0.6) is 0 Å². The molecule has 4 saturated carbocycles. The molecule has 0 radical (unpaired) electrons. The molecule has 0 saturated heterocycles. The van der Waals surface area contributed by atoms with Crippen LogP contribution >= 0.6 is 11.8 Å². The molecule has 4 bridgehead atoms. The Morgan fingerprint density at radius 2 is 1.61 bits per heavy atom. The Labute approximate surface area is 199 Å². The van der Waals surface area contributed by atoms with Crippen molar-refractivity contribution in [3.05, 3.63) is 66.0 Å². The second-order valence-corrected chi connectivity index (χ2v) is 11.3. The smallest absolute Gasteiger partial charge is 0.234 e. The number of anilines is 1. The third-order valence-corrected chi connectivity index (χ3v) is 8.76. The molecule has 2 aromatic carbocycles. The number of para-hydroxylation sites is 1. The van der Waals surface area contributed by atoms with Crippen molar-refractivity contribution in [2.75, 3.05) is 11.1 Å². The minimum absolute atomic E-state index is 0.0252. The molecule has 0 atom stereocenters. The van der Waals surface area contributed by atoms with E-state index in [0.29, 0.717) is 5.75 Å². The zero-order chi connectivity index (χ0) is 22.4. The van der Waals surface area contributed by atoms with Crippen molar-refractivity contribution in [2.45, 2.75) is 56.0 Å². The lowest BCUT2D eigenvalue weighted by molar-refractivity contribution is -0.113. The van der Waals surface area contributed by atoms with Gasteiger partial charge < -0.3 is 5.32 Å². The lowest BCUT2D eigenvalue weighted by atomic mass is 9.49. The molecule has 0 spiro atoms. The zero-order valence-corrected chi connectivity index (χ0v) is 19.9. The van der Waals surface area contributed by atoms with Crippen LogP contribution in [-0.2, 0) is 10.2 Å². The lowest BCUT2D eigenvalue weighted by Gasteiger charge is -2.56. The molecule has 0 aliphatic heterocycles. The molecular formula is C27H30N4OS. The van der Waals surface area contributed by atoms with Crippen LogP contribution in [0.3, 0.4) is 0 Å². The van der Waals surface area contributed by atoms with Gasteiger partial charge >= 0.3 is 0 Å². The number of nitrogens with one attached hydrogen (secondary N) is 1. The fourth-order valence-electron chi connectivity index (χ4n) is 6.87. The molecule has 1 aromatic heterocycles. The van der Waals surface area contributed by atoms with Crippen LogP contribution in [0.1, 0.15) is 49.9 Å². The van der Waals surface area contributed by atoms with Crippen LogP contribution in [-0.4, -0.2) is 26.4 Å². The Hall–Kier alpha value is -2.60. The molecule has 1 heterocycles. The summed E-state index contributed by atoms with van der Waals surface area (Å²) in [6.45, 7) is 2.04. The Bertz CT molecular complexity index is 1120. The van der Waals surface area contributed by atoms with Crippen molar-refractivity contribution in [1.29, 1.82) is 0 Å². The van der Waals surface area contributed by atoms with Crippen LogP contribution in [0.2, 0.25) is 0 Å². The fraction of sp³-hybridized carbons (Fsp3) is 0.444. The van der Waals surface area contributed by atoms with Gasteiger partial charge in [0.15, 0.2) is 5.16 Å². The number of thioether (sulfide) groups is 1. The Morgan fingerprint density at radius 1 is 0.970 bits per heavy atom. The maximum atomic E-state index is 12.7. The van der Waals surface area contributed by atoms with E-state index < -0.39 is 0 Å². The summed E-state index contributed by atoms with van der Waals surface area (Å²) in [5.41, 5.74) is 3.23. The summed E-state index contributed by atoms with van der Waals surface area (Å²) in [6.07, 6.45) is 7.92. The first-order valence-corrected chi connectivity index (χ1v) is 13.1. The zero-order valence-electron chi connectivity index (χ0n) is 19.0. The number of amides is 1. The third-order valence-electron chi connectivity index (χ3n) is 7.83. The van der Waals surface area contributed by atoms with E-state index in [4.69, 9.17) is 5.10 Å². The van der Waals surface area contributed by atoms with E-state index >= 15 is 0 Å². The van der Waals surface area contributed by atoms with Crippen molar-refractivity contribution in [3.8, 4) is 5.69 Å². The van der Waals surface area contributed by atoms with Gasteiger partial charge in [0.1, 0.15) is 5.82 Å². The Kier molecular flexibility index (Phi) is 5.28. The van der Waals surface area contributed by atoms with E-state index in [1.165, 1.54) is 55.9 Å². The normalized spacial score (nSPS) is 27.6. The van der Waals surface area contributed by atoms with E-state index in [1.807, 2.05) is 37.3 Å². The SMILES string of the molecule is Cc1ccc(NC(=O)CSc2nnc(C34CC5CC(CC(C5)C3)C4)n2-c2ccccc2)cc1. The molecule has 4 aliphatic carbocycles. The van der Waals surface area contributed by atoms with Gasteiger partial charge in [0.25, 0.3) is 0 Å².